The van der Waals surface area contributed by atoms with Crippen molar-refractivity contribution in [1.82, 2.24) is 25.4 Å². The van der Waals surface area contributed by atoms with E-state index in [4.69, 9.17) is 5.11 Å². The van der Waals surface area contributed by atoms with Gasteiger partial charge in [0.15, 0.2) is 0 Å². The lowest BCUT2D eigenvalue weighted by Crippen LogP contribution is -2.52. The van der Waals surface area contributed by atoms with Gasteiger partial charge in [0, 0.05) is 18.6 Å². The fourth-order valence-corrected chi connectivity index (χ4v) is 2.51. The van der Waals surface area contributed by atoms with Crippen LogP contribution in [0.15, 0.2) is 0 Å². The molecule has 0 aromatic rings. The molecule has 0 aliphatic heterocycles. The van der Waals surface area contributed by atoms with Gasteiger partial charge in [-0.1, -0.05) is 13.8 Å². The zero-order chi connectivity index (χ0) is 24.1. The minimum atomic E-state index is -1.37. The average molecular weight is 528 g/mol. The molecule has 15 heteroatoms. The van der Waals surface area contributed by atoms with Crippen molar-refractivity contribution in [2.45, 2.75) is 45.2 Å². The second kappa shape index (κ2) is 14.6. The smallest absolute Gasteiger partial charge is 0.348 e. The first-order valence-corrected chi connectivity index (χ1v) is 10.4. The van der Waals surface area contributed by atoms with Crippen LogP contribution in [-0.2, 0) is 24.0 Å². The lowest BCUT2D eigenvalue weighted by Gasteiger charge is -2.19. The number of nitrogens with zero attached hydrogens (tertiary/aromatic N) is 1. The molecule has 0 aliphatic rings. The molecule has 0 heterocycles. The van der Waals surface area contributed by atoms with Gasteiger partial charge >= 0.3 is 18.0 Å². The molecule has 2 atom stereocenters. The quantitative estimate of drug-likeness (QED) is 0.0913. The number of aliphatic carboxylic acids is 2. The number of hydrogen-bond donors (Lipinski definition) is 7. The summed E-state index contributed by atoms with van der Waals surface area (Å²) < 4.78 is 0.624. The van der Waals surface area contributed by atoms with Gasteiger partial charge in [-0.25, -0.2) is 10.2 Å². The summed E-state index contributed by atoms with van der Waals surface area (Å²) in [5, 5.41) is 22.2. The average Bonchev–Trinajstić information content (AvgIpc) is 2.68. The zero-order valence-electron chi connectivity index (χ0n) is 16.9. The minimum absolute atomic E-state index is 0.00544. The van der Waals surface area contributed by atoms with Crippen LogP contribution >= 0.6 is 28.8 Å². The molecule has 176 valence electrons. The highest BCUT2D eigenvalue weighted by Gasteiger charge is 2.25. The number of thiol groups is 1. The van der Waals surface area contributed by atoms with Crippen molar-refractivity contribution in [2.75, 3.05) is 12.3 Å². The Morgan fingerprint density at radius 3 is 2.16 bits per heavy atom. The molecule has 0 saturated heterocycles. The number of nitrogens with one attached hydrogen (secondary N) is 4. The number of halogens is 1. The van der Waals surface area contributed by atoms with Crippen LogP contribution in [0.2, 0.25) is 0 Å². The Morgan fingerprint density at radius 1 is 1.06 bits per heavy atom. The maximum atomic E-state index is 12.0. The standard InChI is InChI=1S/C16H26BrN5O8S/c1-8(2)5-12(24)22(17)16(30)21-20-9(15(28)29)3-4-11(23)19-10(7-31)14(27)18-6-13(25)26/h8-10,20,31H,3-7H2,1-2H3,(H,18,27)(H,19,23)(H,21,30)(H,25,26)(H,28,29)/t9-,10-/m0/s1. The molecule has 6 N–H and O–H groups in total. The monoisotopic (exact) mass is 527 g/mol. The molecule has 5 amide bonds. The number of carboxylic acids is 2. The number of rotatable bonds is 13. The normalized spacial score (nSPS) is 12.4. The van der Waals surface area contributed by atoms with Gasteiger partial charge in [0.05, 0.1) is 16.1 Å². The Labute approximate surface area is 192 Å². The molecule has 0 radical (unpaired) electrons. The predicted octanol–water partition coefficient (Wildman–Crippen LogP) is -0.766. The molecule has 0 unspecified atom stereocenters. The molecule has 0 aliphatic carbocycles. The van der Waals surface area contributed by atoms with Crippen LogP contribution in [0.4, 0.5) is 4.79 Å². The molecular weight excluding hydrogens is 502 g/mol. The summed E-state index contributed by atoms with van der Waals surface area (Å²) in [6.45, 7) is 2.94. The number of amides is 5. The fourth-order valence-electron chi connectivity index (χ4n) is 2.02. The predicted molar refractivity (Wildman–Crippen MR) is 114 cm³/mol. The van der Waals surface area contributed by atoms with E-state index < -0.39 is 54.3 Å². The van der Waals surface area contributed by atoms with Crippen LogP contribution in [0.1, 0.15) is 33.1 Å². The molecule has 0 aromatic carbocycles. The first-order valence-electron chi connectivity index (χ1n) is 9.05. The zero-order valence-corrected chi connectivity index (χ0v) is 19.4. The SMILES string of the molecule is CC(C)CC(=O)N(Br)C(=O)NN[C@@H](CCC(=O)N[C@@H](CS)C(=O)NCC(=O)O)C(=O)O. The number of carbonyl (C=O) groups excluding carboxylic acids is 4. The molecule has 13 nitrogen and oxygen atoms in total. The van der Waals surface area contributed by atoms with E-state index in [2.05, 4.69) is 50.3 Å². The molecular formula is C16H26BrN5O8S. The van der Waals surface area contributed by atoms with Gasteiger partial charge in [0.2, 0.25) is 17.7 Å². The van der Waals surface area contributed by atoms with Crippen LogP contribution in [0, 0.1) is 5.92 Å². The van der Waals surface area contributed by atoms with Crippen molar-refractivity contribution in [3.8, 4) is 0 Å². The third kappa shape index (κ3) is 12.1. The van der Waals surface area contributed by atoms with E-state index in [0.29, 0.717) is 3.93 Å². The number of hydrogen-bond acceptors (Lipinski definition) is 8. The Bertz CT molecular complexity index is 693. The van der Waals surface area contributed by atoms with E-state index in [-0.39, 0.29) is 30.9 Å². The first-order chi connectivity index (χ1) is 14.4. The Morgan fingerprint density at radius 2 is 1.68 bits per heavy atom. The molecule has 0 aromatic heterocycles. The fraction of sp³-hybridized carbons (Fsp3) is 0.625. The van der Waals surface area contributed by atoms with Gasteiger partial charge in [-0.3, -0.25) is 29.4 Å². The topological polar surface area (TPSA) is 194 Å². The first kappa shape index (κ1) is 28.6. The van der Waals surface area contributed by atoms with E-state index in [1.807, 2.05) is 0 Å². The number of imide groups is 1. The van der Waals surface area contributed by atoms with Crippen molar-refractivity contribution in [1.29, 1.82) is 0 Å². The number of carboxylic acid groups (broad SMARTS) is 2. The van der Waals surface area contributed by atoms with Crippen molar-refractivity contribution in [3.63, 3.8) is 0 Å². The summed E-state index contributed by atoms with van der Waals surface area (Å²) in [6.07, 6.45) is -0.506. The summed E-state index contributed by atoms with van der Waals surface area (Å²) in [6, 6.07) is -3.42. The van der Waals surface area contributed by atoms with Crippen LogP contribution in [0.3, 0.4) is 0 Å². The van der Waals surface area contributed by atoms with Gasteiger partial charge in [-0.2, -0.15) is 16.6 Å². The Balaban J connectivity index is 4.64. The van der Waals surface area contributed by atoms with Crippen molar-refractivity contribution in [2.24, 2.45) is 5.92 Å². The van der Waals surface area contributed by atoms with Crippen LogP contribution < -0.4 is 21.5 Å². The van der Waals surface area contributed by atoms with Gasteiger partial charge < -0.3 is 20.8 Å². The van der Waals surface area contributed by atoms with Crippen molar-refractivity contribution in [3.05, 3.63) is 0 Å². The Kier molecular flexibility index (Phi) is 13.5. The van der Waals surface area contributed by atoms with E-state index in [9.17, 15) is 33.9 Å². The molecule has 0 fully saturated rings. The molecule has 31 heavy (non-hydrogen) atoms. The van der Waals surface area contributed by atoms with E-state index in [0.717, 1.165) is 0 Å². The molecule has 0 spiro atoms. The van der Waals surface area contributed by atoms with Crippen LogP contribution in [0.5, 0.6) is 0 Å². The van der Waals surface area contributed by atoms with Gasteiger partial charge in [-0.15, -0.1) is 0 Å². The molecule has 0 rings (SSSR count). The van der Waals surface area contributed by atoms with E-state index >= 15 is 0 Å². The number of hydrazine groups is 1. The highest BCUT2D eigenvalue weighted by molar-refractivity contribution is 9.08. The summed E-state index contributed by atoms with van der Waals surface area (Å²) in [5.74, 6) is -4.70. The number of carbonyl (C=O) groups is 6. The lowest BCUT2D eigenvalue weighted by molar-refractivity contribution is -0.140. The Hall–Kier alpha value is -2.39. The third-order valence-corrected chi connectivity index (χ3v) is 4.62. The lowest BCUT2D eigenvalue weighted by atomic mass is 10.1. The molecule has 0 saturated carbocycles. The largest absolute Gasteiger partial charge is 0.480 e. The van der Waals surface area contributed by atoms with E-state index in [1.165, 1.54) is 0 Å². The number of urea groups is 1. The van der Waals surface area contributed by atoms with Crippen LogP contribution in [0.25, 0.3) is 0 Å². The van der Waals surface area contributed by atoms with Crippen molar-refractivity contribution < 1.29 is 39.0 Å². The van der Waals surface area contributed by atoms with Gasteiger partial charge in [0.25, 0.3) is 0 Å². The van der Waals surface area contributed by atoms with Gasteiger partial charge in [0.1, 0.15) is 18.6 Å². The summed E-state index contributed by atoms with van der Waals surface area (Å²) in [4.78, 5) is 69.3. The highest BCUT2D eigenvalue weighted by atomic mass is 79.9. The minimum Gasteiger partial charge on any atom is -0.480 e. The second-order valence-electron chi connectivity index (χ2n) is 6.69. The van der Waals surface area contributed by atoms with Gasteiger partial charge in [-0.05, 0) is 12.3 Å². The molecule has 0 bridgehead atoms. The maximum Gasteiger partial charge on any atom is 0.348 e. The second-order valence-corrected chi connectivity index (χ2v) is 7.77. The summed E-state index contributed by atoms with van der Waals surface area (Å²) >= 11 is 6.71. The summed E-state index contributed by atoms with van der Waals surface area (Å²) in [5.41, 5.74) is 4.29. The maximum absolute atomic E-state index is 12.0. The highest BCUT2D eigenvalue weighted by Crippen LogP contribution is 2.08. The van der Waals surface area contributed by atoms with E-state index in [1.54, 1.807) is 13.8 Å². The third-order valence-electron chi connectivity index (χ3n) is 3.54. The van der Waals surface area contributed by atoms with Crippen molar-refractivity contribution >= 4 is 64.5 Å². The van der Waals surface area contributed by atoms with Crippen LogP contribution in [-0.4, -0.2) is 74.2 Å². The summed E-state index contributed by atoms with van der Waals surface area (Å²) in [7, 11) is 0.